The van der Waals surface area contributed by atoms with E-state index in [9.17, 15) is 18.0 Å². The lowest BCUT2D eigenvalue weighted by molar-refractivity contribution is -0.173. The van der Waals surface area contributed by atoms with E-state index in [0.29, 0.717) is 28.7 Å². The molecule has 6 rings (SSSR count). The highest BCUT2D eigenvalue weighted by atomic mass is 35.5. The number of alkyl halides is 1. The minimum Gasteiger partial charge on any atom is -0.455 e. The van der Waals surface area contributed by atoms with Gasteiger partial charge in [-0.1, -0.05) is 17.7 Å². The van der Waals surface area contributed by atoms with Gasteiger partial charge in [-0.05, 0) is 75.8 Å². The summed E-state index contributed by atoms with van der Waals surface area (Å²) in [6, 6.07) is 5.30. The molecule has 0 radical (unpaired) electrons. The Morgan fingerprint density at radius 2 is 1.71 bits per heavy atom. The molecule has 1 aliphatic heterocycles. The molecule has 5 fully saturated rings. The first-order valence-electron chi connectivity index (χ1n) is 12.2. The van der Waals surface area contributed by atoms with Crippen LogP contribution >= 0.6 is 11.6 Å². The average Bonchev–Trinajstić information content (AvgIpc) is 2.75. The number of carbonyl (C=O) groups is 2. The lowest BCUT2D eigenvalue weighted by Gasteiger charge is -2.58. The zero-order valence-corrected chi connectivity index (χ0v) is 21.5. The zero-order valence-electron chi connectivity index (χ0n) is 19.9. The highest BCUT2D eigenvalue weighted by Crippen LogP contribution is 2.64. The van der Waals surface area contributed by atoms with Gasteiger partial charge in [-0.15, -0.1) is 11.6 Å². The average molecular weight is 509 g/mol. The predicted octanol–water partition coefficient (Wildman–Crippen LogP) is 3.26. The molecule has 9 heteroatoms. The molecule has 7 nitrogen and oxygen atoms in total. The second-order valence-corrected chi connectivity index (χ2v) is 13.7. The summed E-state index contributed by atoms with van der Waals surface area (Å²) < 4.78 is 33.2. The summed E-state index contributed by atoms with van der Waals surface area (Å²) in [5.41, 5.74) is 1.19. The molecule has 186 valence electrons. The Kier molecular flexibility index (Phi) is 6.01. The SMILES string of the molecule is Cc1ccc(S(=O)(=O)N2CCN(C(=O)COC(=O)C34CC5CC(CC(Cl)(C5)C3)C4)CC2)c(C)c1. The number of halogens is 1. The number of aryl methyl sites for hydroxylation is 2. The first-order chi connectivity index (χ1) is 16.0. The van der Waals surface area contributed by atoms with Gasteiger partial charge in [0.15, 0.2) is 6.61 Å². The minimum absolute atomic E-state index is 0.220. The van der Waals surface area contributed by atoms with Crippen LogP contribution in [-0.2, 0) is 24.3 Å². The minimum atomic E-state index is -3.62. The summed E-state index contributed by atoms with van der Waals surface area (Å²) in [4.78, 5) is 27.5. The van der Waals surface area contributed by atoms with Gasteiger partial charge in [-0.2, -0.15) is 4.31 Å². The van der Waals surface area contributed by atoms with Crippen LogP contribution in [0.25, 0.3) is 0 Å². The van der Waals surface area contributed by atoms with Crippen molar-refractivity contribution in [3.05, 3.63) is 29.3 Å². The van der Waals surface area contributed by atoms with Crippen molar-refractivity contribution in [3.8, 4) is 0 Å². The number of hydrogen-bond acceptors (Lipinski definition) is 5. The van der Waals surface area contributed by atoms with Crippen LogP contribution in [0.4, 0.5) is 0 Å². The maximum atomic E-state index is 13.1. The molecule has 2 unspecified atom stereocenters. The molecule has 1 heterocycles. The van der Waals surface area contributed by atoms with Gasteiger partial charge in [0.1, 0.15) is 0 Å². The third kappa shape index (κ3) is 4.26. The van der Waals surface area contributed by atoms with Gasteiger partial charge < -0.3 is 9.64 Å². The molecule has 4 aliphatic carbocycles. The van der Waals surface area contributed by atoms with Gasteiger partial charge in [0.2, 0.25) is 10.0 Å². The summed E-state index contributed by atoms with van der Waals surface area (Å²) in [6.07, 6.45) is 5.40. The highest BCUT2D eigenvalue weighted by molar-refractivity contribution is 7.89. The Hall–Kier alpha value is -1.64. The molecule has 5 aliphatic rings. The van der Waals surface area contributed by atoms with Crippen molar-refractivity contribution in [1.82, 2.24) is 9.21 Å². The van der Waals surface area contributed by atoms with Crippen LogP contribution in [0.3, 0.4) is 0 Å². The van der Waals surface area contributed by atoms with Gasteiger partial charge in [-0.3, -0.25) is 9.59 Å². The van der Waals surface area contributed by atoms with E-state index in [0.717, 1.165) is 37.7 Å². The molecule has 2 atom stereocenters. The predicted molar refractivity (Wildman–Crippen MR) is 128 cm³/mol. The van der Waals surface area contributed by atoms with Crippen molar-refractivity contribution < 1.29 is 22.7 Å². The maximum Gasteiger partial charge on any atom is 0.312 e. The molecule has 1 aromatic rings. The van der Waals surface area contributed by atoms with E-state index in [1.807, 2.05) is 13.0 Å². The molecule has 4 bridgehead atoms. The van der Waals surface area contributed by atoms with Gasteiger partial charge in [0, 0.05) is 31.1 Å². The fourth-order valence-corrected chi connectivity index (χ4v) is 9.49. The molecule has 1 saturated heterocycles. The molecular formula is C25H33ClN2O5S. The number of rotatable bonds is 5. The standard InChI is InChI=1S/C25H33ClN2O5S/c1-17-3-4-21(18(2)9-17)34(31,32)28-7-5-27(6-8-28)22(29)15-33-23(30)24-11-19-10-20(12-24)14-25(26,13-19)16-24/h3-4,9,19-20H,5-8,10-16H2,1-2H3. The molecule has 0 aromatic heterocycles. The highest BCUT2D eigenvalue weighted by Gasteiger charge is 2.60. The fourth-order valence-electron chi connectivity index (χ4n) is 7.17. The largest absolute Gasteiger partial charge is 0.455 e. The number of carbonyl (C=O) groups excluding carboxylic acids is 2. The Labute approximate surface area is 206 Å². The Bertz CT molecular complexity index is 1100. The van der Waals surface area contributed by atoms with Gasteiger partial charge in [0.05, 0.1) is 10.3 Å². The van der Waals surface area contributed by atoms with Crippen LogP contribution in [0.1, 0.15) is 49.7 Å². The van der Waals surface area contributed by atoms with Crippen LogP contribution in [-0.4, -0.2) is 67.2 Å². The molecule has 0 spiro atoms. The van der Waals surface area contributed by atoms with E-state index in [4.69, 9.17) is 16.3 Å². The summed E-state index contributed by atoms with van der Waals surface area (Å²) in [7, 11) is -3.62. The first-order valence-corrected chi connectivity index (χ1v) is 14.0. The van der Waals surface area contributed by atoms with Crippen molar-refractivity contribution in [2.45, 2.75) is 62.1 Å². The van der Waals surface area contributed by atoms with Crippen LogP contribution in [0, 0.1) is 31.1 Å². The lowest BCUT2D eigenvalue weighted by Crippen LogP contribution is -2.56. The number of ether oxygens (including phenoxy) is 1. The number of nitrogens with zero attached hydrogens (tertiary/aromatic N) is 2. The van der Waals surface area contributed by atoms with Gasteiger partial charge >= 0.3 is 5.97 Å². The van der Waals surface area contributed by atoms with Gasteiger partial charge in [-0.25, -0.2) is 8.42 Å². The number of amides is 1. The topological polar surface area (TPSA) is 84.0 Å². The number of piperazine rings is 1. The fraction of sp³-hybridized carbons (Fsp3) is 0.680. The van der Waals surface area contributed by atoms with Crippen molar-refractivity contribution in [1.29, 1.82) is 0 Å². The van der Waals surface area contributed by atoms with E-state index in [1.165, 1.54) is 4.31 Å². The molecule has 1 amide bonds. The summed E-state index contributed by atoms with van der Waals surface area (Å²) in [5.74, 6) is 0.404. The van der Waals surface area contributed by atoms with E-state index >= 15 is 0 Å². The Morgan fingerprint density at radius 1 is 1.06 bits per heavy atom. The third-order valence-corrected chi connectivity index (χ3v) is 10.8. The number of esters is 1. The summed E-state index contributed by atoms with van der Waals surface area (Å²) >= 11 is 6.82. The molecular weight excluding hydrogens is 476 g/mol. The normalized spacial score (nSPS) is 33.2. The summed E-state index contributed by atoms with van der Waals surface area (Å²) in [5, 5.41) is 0. The van der Waals surface area contributed by atoms with E-state index in [2.05, 4.69) is 0 Å². The van der Waals surface area contributed by atoms with E-state index in [1.54, 1.807) is 24.0 Å². The van der Waals surface area contributed by atoms with Crippen molar-refractivity contribution in [2.24, 2.45) is 17.3 Å². The van der Waals surface area contributed by atoms with Crippen molar-refractivity contribution in [2.75, 3.05) is 32.8 Å². The Morgan fingerprint density at radius 3 is 2.29 bits per heavy atom. The number of sulfonamides is 1. The molecule has 0 N–H and O–H groups in total. The van der Waals surface area contributed by atoms with Crippen LogP contribution in [0.2, 0.25) is 0 Å². The van der Waals surface area contributed by atoms with Crippen LogP contribution < -0.4 is 0 Å². The van der Waals surface area contributed by atoms with E-state index < -0.39 is 15.4 Å². The smallest absolute Gasteiger partial charge is 0.312 e. The molecule has 34 heavy (non-hydrogen) atoms. The second-order valence-electron chi connectivity index (χ2n) is 11.0. The molecule has 4 saturated carbocycles. The van der Waals surface area contributed by atoms with Crippen LogP contribution in [0.15, 0.2) is 23.1 Å². The zero-order chi connectivity index (χ0) is 24.3. The van der Waals surface area contributed by atoms with Gasteiger partial charge in [0.25, 0.3) is 5.91 Å². The summed E-state index contributed by atoms with van der Waals surface area (Å²) in [6.45, 7) is 4.42. The van der Waals surface area contributed by atoms with Crippen molar-refractivity contribution in [3.63, 3.8) is 0 Å². The maximum absolute atomic E-state index is 13.1. The number of hydrogen-bond donors (Lipinski definition) is 0. The lowest BCUT2D eigenvalue weighted by atomic mass is 9.49. The first kappa shape index (κ1) is 24.1. The second kappa shape index (κ2) is 8.49. The number of benzene rings is 1. The van der Waals surface area contributed by atoms with Crippen molar-refractivity contribution >= 4 is 33.5 Å². The molecule has 1 aromatic carbocycles. The third-order valence-electron chi connectivity index (χ3n) is 8.29. The van der Waals surface area contributed by atoms with Crippen LogP contribution in [0.5, 0.6) is 0 Å². The van der Waals surface area contributed by atoms with E-state index in [-0.39, 0.29) is 49.5 Å². The quantitative estimate of drug-likeness (QED) is 0.450. The monoisotopic (exact) mass is 508 g/mol. The Balaban J connectivity index is 1.16.